The number of likely N-dealkylation sites (N-methyl/N-ethyl adjacent to an activating group) is 1. The maximum atomic E-state index is 6.34. The van der Waals surface area contributed by atoms with Crippen molar-refractivity contribution in [2.45, 2.75) is 6.92 Å². The molecule has 0 aliphatic carbocycles. The molecule has 3 heterocycles. The zero-order valence-electron chi connectivity index (χ0n) is 13.8. The van der Waals surface area contributed by atoms with Crippen LogP contribution in [0.25, 0.3) is 16.7 Å². The molecule has 1 fully saturated rings. The summed E-state index contributed by atoms with van der Waals surface area (Å²) in [6.45, 7) is 5.90. The van der Waals surface area contributed by atoms with Gasteiger partial charge in [-0.2, -0.15) is 5.10 Å². The zero-order chi connectivity index (χ0) is 16.7. The molecule has 124 valence electrons. The number of piperazine rings is 1. The molecule has 0 bridgehead atoms. The molecule has 1 aliphatic rings. The van der Waals surface area contributed by atoms with Crippen molar-refractivity contribution in [1.29, 1.82) is 0 Å². The molecule has 0 radical (unpaired) electrons. The van der Waals surface area contributed by atoms with E-state index in [2.05, 4.69) is 31.9 Å². The lowest BCUT2D eigenvalue weighted by atomic mass is 10.3. The molecule has 7 heteroatoms. The molecule has 0 amide bonds. The lowest BCUT2D eigenvalue weighted by molar-refractivity contribution is 0.312. The molecule has 3 aromatic rings. The number of anilines is 1. The minimum absolute atomic E-state index is 0.653. The van der Waals surface area contributed by atoms with E-state index in [4.69, 9.17) is 11.6 Å². The monoisotopic (exact) mass is 342 g/mol. The molecule has 4 rings (SSSR count). The van der Waals surface area contributed by atoms with E-state index in [0.29, 0.717) is 5.02 Å². The smallest absolute Gasteiger partial charge is 0.168 e. The third kappa shape index (κ3) is 2.61. The third-order valence-corrected chi connectivity index (χ3v) is 4.72. The van der Waals surface area contributed by atoms with Crippen LogP contribution in [-0.2, 0) is 0 Å². The van der Waals surface area contributed by atoms with Gasteiger partial charge in [0.15, 0.2) is 5.65 Å². The number of para-hydroxylation sites is 1. The lowest BCUT2D eigenvalue weighted by Crippen LogP contribution is -2.45. The second kappa shape index (κ2) is 6.03. The van der Waals surface area contributed by atoms with Gasteiger partial charge >= 0.3 is 0 Å². The molecule has 24 heavy (non-hydrogen) atoms. The molecule has 1 aromatic carbocycles. The Bertz CT molecular complexity index is 882. The topological polar surface area (TPSA) is 50.1 Å². The summed E-state index contributed by atoms with van der Waals surface area (Å²) in [5, 5.41) is 6.15. The minimum atomic E-state index is 0.653. The molecule has 0 N–H and O–H groups in total. The van der Waals surface area contributed by atoms with Gasteiger partial charge in [-0.05, 0) is 26.1 Å². The van der Waals surface area contributed by atoms with Crippen molar-refractivity contribution >= 4 is 28.5 Å². The predicted molar refractivity (Wildman–Crippen MR) is 96.1 cm³/mol. The molecule has 1 aliphatic heterocycles. The van der Waals surface area contributed by atoms with Gasteiger partial charge in [-0.1, -0.05) is 23.7 Å². The first-order valence-corrected chi connectivity index (χ1v) is 8.42. The molecule has 0 spiro atoms. The van der Waals surface area contributed by atoms with Gasteiger partial charge in [-0.25, -0.2) is 14.6 Å². The van der Waals surface area contributed by atoms with E-state index >= 15 is 0 Å². The quantitative estimate of drug-likeness (QED) is 0.716. The molecule has 1 saturated heterocycles. The summed E-state index contributed by atoms with van der Waals surface area (Å²) >= 11 is 6.34. The lowest BCUT2D eigenvalue weighted by Gasteiger charge is -2.33. The number of hydrogen-bond acceptors (Lipinski definition) is 5. The Morgan fingerprint density at radius 3 is 2.54 bits per heavy atom. The van der Waals surface area contributed by atoms with Crippen LogP contribution in [0.3, 0.4) is 0 Å². The number of aromatic nitrogens is 4. The number of aryl methyl sites for hydroxylation is 1. The Kier molecular flexibility index (Phi) is 3.86. The molecule has 2 aromatic heterocycles. The fourth-order valence-corrected chi connectivity index (χ4v) is 3.27. The van der Waals surface area contributed by atoms with Crippen molar-refractivity contribution < 1.29 is 0 Å². The number of benzene rings is 1. The van der Waals surface area contributed by atoms with Gasteiger partial charge in [-0.3, -0.25) is 0 Å². The number of nitrogens with zero attached hydrogens (tertiary/aromatic N) is 6. The Balaban J connectivity index is 1.85. The molecular formula is C17H19ClN6. The number of fused-ring (bicyclic) bond motifs is 1. The van der Waals surface area contributed by atoms with Crippen molar-refractivity contribution in [3.8, 4) is 5.69 Å². The summed E-state index contributed by atoms with van der Waals surface area (Å²) < 4.78 is 1.80. The van der Waals surface area contributed by atoms with E-state index in [1.807, 2.05) is 37.4 Å². The average Bonchev–Trinajstić information content (AvgIpc) is 2.99. The van der Waals surface area contributed by atoms with E-state index < -0.39 is 0 Å². The minimum Gasteiger partial charge on any atom is -0.353 e. The van der Waals surface area contributed by atoms with Crippen LogP contribution >= 0.6 is 11.6 Å². The van der Waals surface area contributed by atoms with Gasteiger partial charge in [0.05, 0.1) is 22.3 Å². The summed E-state index contributed by atoms with van der Waals surface area (Å²) in [5.41, 5.74) is 1.63. The van der Waals surface area contributed by atoms with Crippen molar-refractivity contribution in [1.82, 2.24) is 24.6 Å². The Hall–Kier alpha value is -2.18. The van der Waals surface area contributed by atoms with Crippen molar-refractivity contribution in [2.24, 2.45) is 0 Å². The van der Waals surface area contributed by atoms with Gasteiger partial charge in [0.1, 0.15) is 11.6 Å². The van der Waals surface area contributed by atoms with Crippen LogP contribution in [0.2, 0.25) is 5.02 Å². The van der Waals surface area contributed by atoms with Crippen molar-refractivity contribution in [3.05, 3.63) is 41.3 Å². The second-order valence-corrected chi connectivity index (χ2v) is 6.54. The number of rotatable bonds is 2. The SMILES string of the molecule is Cc1nc(N2CCN(C)CC2)c2cnn(-c3ccccc3Cl)c2n1. The Morgan fingerprint density at radius 2 is 1.79 bits per heavy atom. The summed E-state index contributed by atoms with van der Waals surface area (Å²) in [6.07, 6.45) is 1.84. The standard InChI is InChI=1S/C17H19ClN6/c1-12-20-16(23-9-7-22(2)8-10-23)13-11-19-24(17(13)21-12)15-6-4-3-5-14(15)18/h3-6,11H,7-10H2,1-2H3. The molecule has 6 nitrogen and oxygen atoms in total. The molecular weight excluding hydrogens is 324 g/mol. The first kappa shape index (κ1) is 15.4. The van der Waals surface area contributed by atoms with Crippen LogP contribution in [0.5, 0.6) is 0 Å². The van der Waals surface area contributed by atoms with Crippen LogP contribution in [-0.4, -0.2) is 57.9 Å². The normalized spacial score (nSPS) is 16.0. The van der Waals surface area contributed by atoms with Crippen LogP contribution in [0.15, 0.2) is 30.5 Å². The Labute approximate surface area is 145 Å². The maximum absolute atomic E-state index is 6.34. The van der Waals surface area contributed by atoms with Crippen molar-refractivity contribution in [2.75, 3.05) is 38.1 Å². The summed E-state index contributed by atoms with van der Waals surface area (Å²) in [6, 6.07) is 7.67. The highest BCUT2D eigenvalue weighted by Gasteiger charge is 2.21. The van der Waals surface area contributed by atoms with E-state index in [0.717, 1.165) is 54.5 Å². The first-order valence-electron chi connectivity index (χ1n) is 8.04. The third-order valence-electron chi connectivity index (χ3n) is 4.40. The summed E-state index contributed by atoms with van der Waals surface area (Å²) in [5.74, 6) is 1.70. The summed E-state index contributed by atoms with van der Waals surface area (Å²) in [4.78, 5) is 14.0. The largest absolute Gasteiger partial charge is 0.353 e. The zero-order valence-corrected chi connectivity index (χ0v) is 14.5. The average molecular weight is 343 g/mol. The van der Waals surface area contributed by atoms with Gasteiger partial charge in [-0.15, -0.1) is 0 Å². The van der Waals surface area contributed by atoms with Crippen LogP contribution in [0.4, 0.5) is 5.82 Å². The molecule has 0 saturated carbocycles. The Morgan fingerprint density at radius 1 is 1.04 bits per heavy atom. The van der Waals surface area contributed by atoms with Gasteiger partial charge in [0.25, 0.3) is 0 Å². The predicted octanol–water partition coefficient (Wildman–Crippen LogP) is 2.53. The van der Waals surface area contributed by atoms with Crippen LogP contribution < -0.4 is 4.90 Å². The first-order chi connectivity index (χ1) is 11.6. The van der Waals surface area contributed by atoms with Crippen molar-refractivity contribution in [3.63, 3.8) is 0 Å². The highest BCUT2D eigenvalue weighted by molar-refractivity contribution is 6.32. The highest BCUT2D eigenvalue weighted by Crippen LogP contribution is 2.28. The molecule has 0 unspecified atom stereocenters. The van der Waals surface area contributed by atoms with Gasteiger partial charge in [0, 0.05) is 26.2 Å². The van der Waals surface area contributed by atoms with Crippen LogP contribution in [0, 0.1) is 6.92 Å². The fourth-order valence-electron chi connectivity index (χ4n) is 3.06. The van der Waals surface area contributed by atoms with Gasteiger partial charge in [0.2, 0.25) is 0 Å². The summed E-state index contributed by atoms with van der Waals surface area (Å²) in [7, 11) is 2.15. The van der Waals surface area contributed by atoms with E-state index in [1.165, 1.54) is 0 Å². The van der Waals surface area contributed by atoms with E-state index in [1.54, 1.807) is 4.68 Å². The van der Waals surface area contributed by atoms with E-state index in [-0.39, 0.29) is 0 Å². The maximum Gasteiger partial charge on any atom is 0.168 e. The second-order valence-electron chi connectivity index (χ2n) is 6.13. The highest BCUT2D eigenvalue weighted by atomic mass is 35.5. The van der Waals surface area contributed by atoms with E-state index in [9.17, 15) is 0 Å². The fraction of sp³-hybridized carbons (Fsp3) is 0.353. The number of halogens is 1. The van der Waals surface area contributed by atoms with Crippen LogP contribution in [0.1, 0.15) is 5.82 Å². The van der Waals surface area contributed by atoms with Gasteiger partial charge < -0.3 is 9.80 Å². The number of hydrogen-bond donors (Lipinski definition) is 0. The molecule has 0 atom stereocenters.